The van der Waals surface area contributed by atoms with E-state index < -0.39 is 0 Å². The van der Waals surface area contributed by atoms with Crippen LogP contribution in [-0.2, 0) is 6.54 Å². The average molecular weight is 403 g/mol. The van der Waals surface area contributed by atoms with Crippen molar-refractivity contribution in [3.05, 3.63) is 57.1 Å². The second kappa shape index (κ2) is 7.34. The fourth-order valence-electron chi connectivity index (χ4n) is 3.80. The lowest BCUT2D eigenvalue weighted by molar-refractivity contribution is 0.419. The Hall–Kier alpha value is -1.75. The zero-order valence-electron chi connectivity index (χ0n) is 15.6. The number of hydrogen-bond donors (Lipinski definition) is 3. The third-order valence-corrected chi connectivity index (χ3v) is 6.31. The van der Waals surface area contributed by atoms with Gasteiger partial charge in [0.2, 0.25) is 0 Å². The molecule has 0 radical (unpaired) electrons. The van der Waals surface area contributed by atoms with Crippen molar-refractivity contribution in [2.45, 2.75) is 38.8 Å². The van der Waals surface area contributed by atoms with Crippen LogP contribution in [0.3, 0.4) is 0 Å². The second-order valence-corrected chi connectivity index (χ2v) is 8.29. The van der Waals surface area contributed by atoms with Crippen molar-refractivity contribution in [3.8, 4) is 0 Å². The Morgan fingerprint density at radius 1 is 0.963 bits per heavy atom. The summed E-state index contributed by atoms with van der Waals surface area (Å²) in [7, 11) is 0. The third kappa shape index (κ3) is 3.66. The van der Waals surface area contributed by atoms with Crippen molar-refractivity contribution >= 4 is 40.4 Å². The van der Waals surface area contributed by atoms with Crippen LogP contribution in [0.4, 0.5) is 11.4 Å². The van der Waals surface area contributed by atoms with Crippen LogP contribution in [0.2, 0.25) is 10.0 Å². The zero-order chi connectivity index (χ0) is 19.0. The summed E-state index contributed by atoms with van der Waals surface area (Å²) in [6.45, 7) is 6.83. The molecule has 4 rings (SSSR count). The van der Waals surface area contributed by atoms with E-state index in [1.165, 1.54) is 16.7 Å². The van der Waals surface area contributed by atoms with Gasteiger partial charge in [-0.1, -0.05) is 41.4 Å². The zero-order valence-corrected chi connectivity index (χ0v) is 17.1. The highest BCUT2D eigenvalue weighted by molar-refractivity contribution is 6.42. The van der Waals surface area contributed by atoms with Gasteiger partial charge in [-0.05, 0) is 68.6 Å². The van der Waals surface area contributed by atoms with E-state index in [0.29, 0.717) is 16.6 Å². The molecule has 2 aromatic rings. The minimum absolute atomic E-state index is 0.199. The lowest BCUT2D eigenvalue weighted by Gasteiger charge is -2.44. The van der Waals surface area contributed by atoms with Gasteiger partial charge in [-0.3, -0.25) is 4.99 Å². The van der Waals surface area contributed by atoms with Gasteiger partial charge in [0.05, 0.1) is 33.5 Å². The number of benzene rings is 2. The summed E-state index contributed by atoms with van der Waals surface area (Å²) in [5, 5.41) is 11.8. The van der Waals surface area contributed by atoms with Gasteiger partial charge in [-0.15, -0.1) is 0 Å². The lowest BCUT2D eigenvalue weighted by Crippen LogP contribution is -2.57. The van der Waals surface area contributed by atoms with E-state index >= 15 is 0 Å². The Morgan fingerprint density at radius 3 is 2.37 bits per heavy atom. The largest absolute Gasteiger partial charge is 0.371 e. The normalized spacial score (nSPS) is 19.5. The summed E-state index contributed by atoms with van der Waals surface area (Å²) in [5.41, 5.74) is 5.53. The van der Waals surface area contributed by atoms with Crippen LogP contribution in [0.15, 0.2) is 35.3 Å². The molecule has 2 heterocycles. The first kappa shape index (κ1) is 18.6. The quantitative estimate of drug-likeness (QED) is 0.649. The second-order valence-electron chi connectivity index (χ2n) is 7.48. The number of fused-ring (bicyclic) bond motifs is 1. The van der Waals surface area contributed by atoms with Crippen molar-refractivity contribution in [1.29, 1.82) is 0 Å². The summed E-state index contributed by atoms with van der Waals surface area (Å²) in [6, 6.07) is 10.3. The lowest BCUT2D eigenvalue weighted by atomic mass is 9.84. The standard InChI is InChI=1S/C21H24Cl2N4/c1-13-3-4-15(9-14(13)2)12-25-20-21(5-7-24-8-6-21)27-19-11-17(23)16(22)10-18(19)26-20/h3-4,9-11,24,27H,5-8,12H2,1-2H3,(H,25,26). The maximum absolute atomic E-state index is 6.24. The molecular weight excluding hydrogens is 379 g/mol. The van der Waals surface area contributed by atoms with E-state index in [-0.39, 0.29) is 5.54 Å². The Bertz CT molecular complexity index is 901. The predicted molar refractivity (Wildman–Crippen MR) is 116 cm³/mol. The number of piperidine rings is 1. The average Bonchev–Trinajstić information content (AvgIpc) is 2.65. The fraction of sp³-hybridized carbons (Fsp3) is 0.381. The molecule has 142 valence electrons. The van der Waals surface area contributed by atoms with E-state index in [4.69, 9.17) is 28.2 Å². The van der Waals surface area contributed by atoms with Crippen molar-refractivity contribution < 1.29 is 0 Å². The smallest absolute Gasteiger partial charge is 0.127 e. The molecule has 0 aliphatic carbocycles. The molecule has 1 spiro atoms. The van der Waals surface area contributed by atoms with Crippen molar-refractivity contribution in [1.82, 2.24) is 5.32 Å². The van der Waals surface area contributed by atoms with Crippen LogP contribution in [0.5, 0.6) is 0 Å². The number of nitrogens with one attached hydrogen (secondary N) is 3. The van der Waals surface area contributed by atoms with Gasteiger partial charge in [0.1, 0.15) is 5.84 Å². The SMILES string of the molecule is Cc1ccc(CN=C2Nc3cc(Cl)c(Cl)cc3NC23CCNCC3)cc1C. The molecule has 3 N–H and O–H groups in total. The highest BCUT2D eigenvalue weighted by Gasteiger charge is 2.41. The van der Waals surface area contributed by atoms with Crippen molar-refractivity contribution in [2.75, 3.05) is 23.7 Å². The van der Waals surface area contributed by atoms with E-state index in [0.717, 1.165) is 43.1 Å². The summed E-state index contributed by atoms with van der Waals surface area (Å²) in [6.07, 6.45) is 1.93. The van der Waals surface area contributed by atoms with Crippen molar-refractivity contribution in [3.63, 3.8) is 0 Å². The Morgan fingerprint density at radius 2 is 1.67 bits per heavy atom. The van der Waals surface area contributed by atoms with Crippen LogP contribution < -0.4 is 16.0 Å². The maximum Gasteiger partial charge on any atom is 0.127 e. The van der Waals surface area contributed by atoms with Gasteiger partial charge in [0.15, 0.2) is 0 Å². The summed E-state index contributed by atoms with van der Waals surface area (Å²) < 4.78 is 0. The maximum atomic E-state index is 6.24. The molecule has 0 atom stereocenters. The van der Waals surface area contributed by atoms with Crippen molar-refractivity contribution in [2.24, 2.45) is 4.99 Å². The highest BCUT2D eigenvalue weighted by Crippen LogP contribution is 2.40. The molecule has 1 saturated heterocycles. The summed E-state index contributed by atoms with van der Waals surface area (Å²) in [5.74, 6) is 0.980. The van der Waals surface area contributed by atoms with E-state index in [1.807, 2.05) is 12.1 Å². The first-order chi connectivity index (χ1) is 13.0. The number of halogens is 2. The van der Waals surface area contributed by atoms with Gasteiger partial charge in [-0.2, -0.15) is 0 Å². The molecule has 0 aromatic heterocycles. The first-order valence-electron chi connectivity index (χ1n) is 9.33. The molecule has 27 heavy (non-hydrogen) atoms. The predicted octanol–water partition coefficient (Wildman–Crippen LogP) is 5.17. The Kier molecular flexibility index (Phi) is 5.06. The molecule has 0 saturated carbocycles. The van der Waals surface area contributed by atoms with Crippen LogP contribution in [-0.4, -0.2) is 24.5 Å². The van der Waals surface area contributed by atoms with Crippen LogP contribution in [0.25, 0.3) is 0 Å². The molecule has 2 aliphatic heterocycles. The topological polar surface area (TPSA) is 48.5 Å². The Balaban J connectivity index is 1.69. The fourth-order valence-corrected chi connectivity index (χ4v) is 4.12. The first-order valence-corrected chi connectivity index (χ1v) is 10.1. The molecule has 0 amide bonds. The number of aliphatic imine (C=N–C) groups is 1. The molecule has 2 aromatic carbocycles. The molecule has 0 bridgehead atoms. The van der Waals surface area contributed by atoms with Gasteiger partial charge in [0, 0.05) is 0 Å². The number of aryl methyl sites for hydroxylation is 2. The molecule has 4 nitrogen and oxygen atoms in total. The van der Waals surface area contributed by atoms with Crippen LogP contribution >= 0.6 is 23.2 Å². The summed E-state index contributed by atoms with van der Waals surface area (Å²) >= 11 is 12.5. The Labute approximate surface area is 170 Å². The van der Waals surface area contributed by atoms with E-state index in [1.54, 1.807) is 0 Å². The molecular formula is C21H24Cl2N4. The number of anilines is 2. The highest BCUT2D eigenvalue weighted by atomic mass is 35.5. The minimum atomic E-state index is -0.199. The molecule has 2 aliphatic rings. The monoisotopic (exact) mass is 402 g/mol. The molecule has 0 unspecified atom stereocenters. The third-order valence-electron chi connectivity index (χ3n) is 5.59. The van der Waals surface area contributed by atoms with Crippen LogP contribution in [0.1, 0.15) is 29.5 Å². The van der Waals surface area contributed by atoms with Gasteiger partial charge in [-0.25, -0.2) is 0 Å². The molecule has 1 fully saturated rings. The number of rotatable bonds is 2. The number of nitrogens with zero attached hydrogens (tertiary/aromatic N) is 1. The van der Waals surface area contributed by atoms with Gasteiger partial charge in [0.25, 0.3) is 0 Å². The van der Waals surface area contributed by atoms with E-state index in [9.17, 15) is 0 Å². The number of amidine groups is 1. The van der Waals surface area contributed by atoms with Gasteiger partial charge >= 0.3 is 0 Å². The van der Waals surface area contributed by atoms with Crippen LogP contribution in [0, 0.1) is 13.8 Å². The minimum Gasteiger partial charge on any atom is -0.371 e. The summed E-state index contributed by atoms with van der Waals surface area (Å²) in [4.78, 5) is 4.99. The van der Waals surface area contributed by atoms with E-state index in [2.05, 4.69) is 48.0 Å². The molecule has 6 heteroatoms. The van der Waals surface area contributed by atoms with Gasteiger partial charge < -0.3 is 16.0 Å². The number of hydrogen-bond acceptors (Lipinski definition) is 3.